The lowest BCUT2D eigenvalue weighted by atomic mass is 9.72. The Morgan fingerprint density at radius 2 is 1.91 bits per heavy atom. The van der Waals surface area contributed by atoms with Crippen molar-refractivity contribution in [2.45, 2.75) is 97.0 Å². The third-order valence-corrected chi connectivity index (χ3v) is 9.28. The molecule has 234 valence electrons. The monoisotopic (exact) mass is 591 g/mol. The number of allylic oxidation sites excluding steroid dienone is 2. The molecule has 1 saturated carbocycles. The number of aryl methyl sites for hydroxylation is 1. The number of rotatable bonds is 16. The molecule has 1 aliphatic carbocycles. The number of nitrogens with one attached hydrogen (secondary N) is 2. The molecule has 0 radical (unpaired) electrons. The molecular weight excluding hydrogens is 542 g/mol. The number of Topliss-reactive ketones (excluding diaryl/α,β-unsaturated/α-hetero) is 1. The number of hydrogen-bond donors (Lipinski definition) is 4. The van der Waals surface area contributed by atoms with Crippen LogP contribution in [0.5, 0.6) is 11.5 Å². The van der Waals surface area contributed by atoms with Gasteiger partial charge in [-0.2, -0.15) is 0 Å². The number of benzene rings is 1. The molecule has 1 aromatic heterocycles. The van der Waals surface area contributed by atoms with Crippen LogP contribution < -0.4 is 15.8 Å². The molecule has 0 saturated heterocycles. The highest BCUT2D eigenvalue weighted by Gasteiger charge is 2.38. The first kappa shape index (κ1) is 32.2. The summed E-state index contributed by atoms with van der Waals surface area (Å²) in [6.07, 6.45) is 18.8. The van der Waals surface area contributed by atoms with Gasteiger partial charge < -0.3 is 30.6 Å². The summed E-state index contributed by atoms with van der Waals surface area (Å²) in [6, 6.07) is 5.11. The largest absolute Gasteiger partial charge is 0.504 e. The maximum Gasteiger partial charge on any atom is 0.302 e. The molecule has 2 aromatic rings. The van der Waals surface area contributed by atoms with E-state index < -0.39 is 6.10 Å². The van der Waals surface area contributed by atoms with Gasteiger partial charge in [-0.15, -0.1) is 0 Å². The van der Waals surface area contributed by atoms with Crippen LogP contribution in [0.25, 0.3) is 0 Å². The maximum absolute atomic E-state index is 12.9. The van der Waals surface area contributed by atoms with Gasteiger partial charge >= 0.3 is 5.97 Å². The quantitative estimate of drug-likeness (QED) is 0.176. The number of ketones is 1. The van der Waals surface area contributed by atoms with E-state index in [4.69, 9.17) is 15.2 Å². The van der Waals surface area contributed by atoms with Crippen molar-refractivity contribution in [2.75, 3.05) is 13.7 Å². The highest BCUT2D eigenvalue weighted by molar-refractivity contribution is 5.79. The van der Waals surface area contributed by atoms with Gasteiger partial charge in [-0.3, -0.25) is 9.59 Å². The number of esters is 1. The number of ether oxygens (including phenoxy) is 2. The Hall–Kier alpha value is -3.68. The van der Waals surface area contributed by atoms with Gasteiger partial charge in [0.15, 0.2) is 11.5 Å². The molecule has 4 rings (SSSR count). The smallest absolute Gasteiger partial charge is 0.302 e. The number of hydrogen-bond acceptors (Lipinski definition) is 7. The molecule has 8 nitrogen and oxygen atoms in total. The van der Waals surface area contributed by atoms with E-state index in [1.807, 2.05) is 0 Å². The number of dihydropyridines is 1. The zero-order chi connectivity index (χ0) is 30.8. The number of nitrogens with two attached hydrogens (primary N) is 1. The fourth-order valence-electron chi connectivity index (χ4n) is 6.83. The van der Waals surface area contributed by atoms with Crippen molar-refractivity contribution in [3.05, 3.63) is 70.8 Å². The van der Waals surface area contributed by atoms with Gasteiger partial charge in [-0.25, -0.2) is 0 Å². The number of aromatic nitrogens is 1. The fourth-order valence-corrected chi connectivity index (χ4v) is 6.83. The maximum atomic E-state index is 12.9. The van der Waals surface area contributed by atoms with Crippen LogP contribution in [-0.4, -0.2) is 41.6 Å². The summed E-state index contributed by atoms with van der Waals surface area (Å²) in [5.41, 5.74) is 11.3. The van der Waals surface area contributed by atoms with Crippen molar-refractivity contribution in [1.29, 1.82) is 0 Å². The summed E-state index contributed by atoms with van der Waals surface area (Å²) in [5, 5.41) is 13.0. The van der Waals surface area contributed by atoms with Gasteiger partial charge in [0.05, 0.1) is 12.9 Å². The summed E-state index contributed by atoms with van der Waals surface area (Å²) in [5.74, 6) is 1.34. The number of carbonyl (C=O) groups excluding carboxylic acids is 2. The highest BCUT2D eigenvalue weighted by atomic mass is 16.5. The Balaban J connectivity index is 1.34. The topological polar surface area (TPSA) is 127 Å². The normalized spacial score (nSPS) is 17.4. The average Bonchev–Trinajstić information content (AvgIpc) is 3.64. The van der Waals surface area contributed by atoms with Gasteiger partial charge in [0.1, 0.15) is 11.9 Å². The van der Waals surface area contributed by atoms with E-state index in [1.54, 1.807) is 18.2 Å². The first-order valence-electron chi connectivity index (χ1n) is 15.8. The van der Waals surface area contributed by atoms with Crippen molar-refractivity contribution in [1.82, 2.24) is 10.3 Å². The minimum atomic E-state index is -0.426. The summed E-state index contributed by atoms with van der Waals surface area (Å²) in [4.78, 5) is 28.2. The van der Waals surface area contributed by atoms with Crippen molar-refractivity contribution < 1.29 is 24.2 Å². The van der Waals surface area contributed by atoms with Crippen molar-refractivity contribution in [3.63, 3.8) is 0 Å². The van der Waals surface area contributed by atoms with Gasteiger partial charge in [-0.05, 0) is 96.8 Å². The number of methoxy groups -OCH3 is 1. The minimum absolute atomic E-state index is 0.0584. The molecule has 1 fully saturated rings. The molecule has 5 N–H and O–H groups in total. The molecular formula is C35H49N3O5. The summed E-state index contributed by atoms with van der Waals surface area (Å²) < 4.78 is 10.8. The van der Waals surface area contributed by atoms with E-state index in [2.05, 4.69) is 41.8 Å². The van der Waals surface area contributed by atoms with Crippen molar-refractivity contribution in [2.24, 2.45) is 17.1 Å². The lowest BCUT2D eigenvalue weighted by Gasteiger charge is -2.33. The number of carbonyl (C=O) groups is 2. The molecule has 1 aromatic carbocycles. The highest BCUT2D eigenvalue weighted by Crippen LogP contribution is 2.48. The Morgan fingerprint density at radius 3 is 2.60 bits per heavy atom. The van der Waals surface area contributed by atoms with Crippen molar-refractivity contribution in [3.8, 4) is 11.5 Å². The third-order valence-electron chi connectivity index (χ3n) is 9.28. The zero-order valence-electron chi connectivity index (χ0n) is 26.0. The molecule has 1 aliphatic heterocycles. The molecule has 43 heavy (non-hydrogen) atoms. The van der Waals surface area contributed by atoms with Crippen LogP contribution in [-0.2, 0) is 33.6 Å². The molecule has 2 atom stereocenters. The Kier molecular flexibility index (Phi) is 11.4. The van der Waals surface area contributed by atoms with Gasteiger partial charge in [0.2, 0.25) is 0 Å². The minimum Gasteiger partial charge on any atom is -0.504 e. The predicted molar refractivity (Wildman–Crippen MR) is 169 cm³/mol. The Labute approximate surface area is 256 Å². The zero-order valence-corrected chi connectivity index (χ0v) is 26.0. The lowest BCUT2D eigenvalue weighted by molar-refractivity contribution is -0.148. The van der Waals surface area contributed by atoms with E-state index in [9.17, 15) is 14.7 Å². The molecule has 0 spiro atoms. The van der Waals surface area contributed by atoms with E-state index in [-0.39, 0.29) is 29.3 Å². The Bertz CT molecular complexity index is 1300. The number of phenolic OH excluding ortho intramolecular Hbond substituents is 1. The predicted octanol–water partition coefficient (Wildman–Crippen LogP) is 6.03. The molecule has 0 bridgehead atoms. The first-order valence-corrected chi connectivity index (χ1v) is 15.8. The number of phenols is 1. The third kappa shape index (κ3) is 8.91. The number of H-pyrrole nitrogens is 1. The van der Waals surface area contributed by atoms with E-state index in [0.29, 0.717) is 30.9 Å². The molecule has 2 aliphatic rings. The van der Waals surface area contributed by atoms with Crippen molar-refractivity contribution >= 4 is 11.8 Å². The first-order chi connectivity index (χ1) is 20.7. The fraction of sp³-hybridized carbons (Fsp3) is 0.543. The second-order valence-corrected chi connectivity index (χ2v) is 12.3. The summed E-state index contributed by atoms with van der Waals surface area (Å²) in [6.45, 7) is 4.40. The van der Waals surface area contributed by atoms with E-state index >= 15 is 0 Å². The SMILES string of the molecule is CCC(CCC(CC(=O)CCc1ccc(O)c(OC)c1)OC(C)=O)Cc1c[nH]cc1CC1(C2=CCNC(N)=C2)CCCC1. The summed E-state index contributed by atoms with van der Waals surface area (Å²) in [7, 11) is 1.50. The van der Waals surface area contributed by atoms with Crippen LogP contribution in [0.2, 0.25) is 0 Å². The molecule has 8 heteroatoms. The second kappa shape index (κ2) is 15.2. The van der Waals surface area contributed by atoms with Crippen LogP contribution in [0.4, 0.5) is 0 Å². The molecule has 0 amide bonds. The van der Waals surface area contributed by atoms with Gasteiger partial charge in [0.25, 0.3) is 0 Å². The van der Waals surface area contributed by atoms with Gasteiger partial charge in [-0.1, -0.05) is 38.3 Å². The van der Waals surface area contributed by atoms with E-state index in [1.165, 1.54) is 56.4 Å². The van der Waals surface area contributed by atoms with Gasteiger partial charge in [0, 0.05) is 38.7 Å². The van der Waals surface area contributed by atoms with Crippen LogP contribution in [0, 0.1) is 11.3 Å². The van der Waals surface area contributed by atoms with Crippen LogP contribution in [0.15, 0.2) is 54.1 Å². The van der Waals surface area contributed by atoms with Crippen LogP contribution >= 0.6 is 0 Å². The average molecular weight is 592 g/mol. The molecule has 2 unspecified atom stereocenters. The van der Waals surface area contributed by atoms with Crippen LogP contribution in [0.1, 0.15) is 88.3 Å². The number of aromatic amines is 1. The number of aromatic hydroxyl groups is 1. The summed E-state index contributed by atoms with van der Waals surface area (Å²) >= 11 is 0. The standard InChI is InChI=1S/C35H49N3O5/c1-4-25(8-11-31(43-24(2)39)20-30(40)10-7-26-9-12-32(41)33(18-26)42-3)17-27-22-37-23-28(27)21-35(14-5-6-15-35)29-13-16-38-34(36)19-29/h9,12-13,18-19,22-23,25,31,37-38,41H,4-8,10-11,14-17,20-21,36H2,1-3H3. The van der Waals surface area contributed by atoms with Crippen LogP contribution in [0.3, 0.4) is 0 Å². The molecule has 2 heterocycles. The second-order valence-electron chi connectivity index (χ2n) is 12.3. The lowest BCUT2D eigenvalue weighted by Crippen LogP contribution is -2.30. The van der Waals surface area contributed by atoms with E-state index in [0.717, 1.165) is 43.6 Å². The Morgan fingerprint density at radius 1 is 1.14 bits per heavy atom.